The first kappa shape index (κ1) is 14.1. The molecule has 0 fully saturated rings. The summed E-state index contributed by atoms with van der Waals surface area (Å²) in [4.78, 5) is 0. The first-order valence-electron chi connectivity index (χ1n) is 6.62. The Balaban J connectivity index is 1.77. The van der Waals surface area contributed by atoms with Gasteiger partial charge in [-0.3, -0.25) is 0 Å². The zero-order valence-corrected chi connectivity index (χ0v) is 11.5. The molecule has 0 atom stereocenters. The van der Waals surface area contributed by atoms with E-state index in [0.717, 1.165) is 17.2 Å². The molecule has 2 aromatic rings. The highest BCUT2D eigenvalue weighted by molar-refractivity contribution is 5.43. The molecule has 0 aliphatic rings. The summed E-state index contributed by atoms with van der Waals surface area (Å²) in [6.45, 7) is 3.52. The molecule has 4 heteroatoms. The Morgan fingerprint density at radius 2 is 1.35 bits per heavy atom. The van der Waals surface area contributed by atoms with Crippen LogP contribution in [0.1, 0.15) is 6.92 Å². The predicted octanol–water partition coefficient (Wildman–Crippen LogP) is 3.13. The zero-order valence-electron chi connectivity index (χ0n) is 11.5. The fourth-order valence-corrected chi connectivity index (χ4v) is 1.74. The van der Waals surface area contributed by atoms with Gasteiger partial charge in [-0.1, -0.05) is 12.1 Å². The highest BCUT2D eigenvalue weighted by atomic mass is 16.5. The Morgan fingerprint density at radius 3 is 1.95 bits per heavy atom. The first-order chi connectivity index (χ1) is 9.78. The maximum Gasteiger partial charge on any atom is 0.123 e. The van der Waals surface area contributed by atoms with Crippen LogP contribution in [0.2, 0.25) is 0 Å². The number of ether oxygens (including phenoxy) is 3. The Bertz CT molecular complexity index is 543. The Morgan fingerprint density at radius 1 is 0.800 bits per heavy atom. The van der Waals surface area contributed by atoms with Crippen LogP contribution < -0.4 is 19.9 Å². The molecule has 0 aliphatic carbocycles. The average Bonchev–Trinajstić information content (AvgIpc) is 2.45. The lowest BCUT2D eigenvalue weighted by atomic mass is 10.3. The van der Waals surface area contributed by atoms with E-state index in [4.69, 9.17) is 19.9 Å². The standard InChI is InChI=1S/C16H19NO3/c1-2-18-15-7-4-8-16(12-15)20-10-9-19-14-6-3-5-13(17)11-14/h3-8,11-12H,2,9-10,17H2,1H3. The lowest BCUT2D eigenvalue weighted by Gasteiger charge is -2.10. The molecule has 2 aromatic carbocycles. The topological polar surface area (TPSA) is 53.7 Å². The van der Waals surface area contributed by atoms with Crippen LogP contribution in [0.4, 0.5) is 5.69 Å². The summed E-state index contributed by atoms with van der Waals surface area (Å²) in [5.74, 6) is 2.32. The number of nitrogens with two attached hydrogens (primary N) is 1. The molecule has 0 radical (unpaired) electrons. The molecule has 0 amide bonds. The van der Waals surface area contributed by atoms with Gasteiger partial charge in [0.2, 0.25) is 0 Å². The van der Waals surface area contributed by atoms with Gasteiger partial charge < -0.3 is 19.9 Å². The van der Waals surface area contributed by atoms with E-state index in [9.17, 15) is 0 Å². The molecule has 20 heavy (non-hydrogen) atoms. The van der Waals surface area contributed by atoms with Gasteiger partial charge >= 0.3 is 0 Å². The molecule has 0 saturated heterocycles. The van der Waals surface area contributed by atoms with E-state index in [0.29, 0.717) is 25.5 Å². The van der Waals surface area contributed by atoms with Gasteiger partial charge in [0.05, 0.1) is 6.61 Å². The third-order valence-corrected chi connectivity index (χ3v) is 2.60. The van der Waals surface area contributed by atoms with Crippen LogP contribution in [-0.4, -0.2) is 19.8 Å². The van der Waals surface area contributed by atoms with Crippen molar-refractivity contribution in [1.82, 2.24) is 0 Å². The first-order valence-corrected chi connectivity index (χ1v) is 6.62. The minimum absolute atomic E-state index is 0.461. The van der Waals surface area contributed by atoms with Gasteiger partial charge in [0.25, 0.3) is 0 Å². The largest absolute Gasteiger partial charge is 0.494 e. The summed E-state index contributed by atoms with van der Waals surface area (Å²) < 4.78 is 16.6. The second-order valence-corrected chi connectivity index (χ2v) is 4.18. The van der Waals surface area contributed by atoms with E-state index in [1.54, 1.807) is 6.07 Å². The number of hydrogen-bond acceptors (Lipinski definition) is 4. The molecule has 0 saturated carbocycles. The highest BCUT2D eigenvalue weighted by Crippen LogP contribution is 2.19. The maximum atomic E-state index is 5.67. The van der Waals surface area contributed by atoms with E-state index >= 15 is 0 Å². The zero-order chi connectivity index (χ0) is 14.2. The van der Waals surface area contributed by atoms with Crippen LogP contribution >= 0.6 is 0 Å². The Kier molecular flexibility index (Phi) is 5.12. The molecule has 2 rings (SSSR count). The van der Waals surface area contributed by atoms with E-state index < -0.39 is 0 Å². The van der Waals surface area contributed by atoms with Crippen LogP contribution in [0.3, 0.4) is 0 Å². The predicted molar refractivity (Wildman–Crippen MR) is 79.5 cm³/mol. The number of rotatable bonds is 7. The lowest BCUT2D eigenvalue weighted by molar-refractivity contribution is 0.216. The van der Waals surface area contributed by atoms with E-state index in [1.165, 1.54) is 0 Å². The van der Waals surface area contributed by atoms with E-state index in [-0.39, 0.29) is 0 Å². The van der Waals surface area contributed by atoms with E-state index in [2.05, 4.69) is 0 Å². The monoisotopic (exact) mass is 273 g/mol. The molecule has 0 aliphatic heterocycles. The summed E-state index contributed by atoms with van der Waals surface area (Å²) in [7, 11) is 0. The fourth-order valence-electron chi connectivity index (χ4n) is 1.74. The van der Waals surface area contributed by atoms with Crippen molar-refractivity contribution in [2.75, 3.05) is 25.6 Å². The summed E-state index contributed by atoms with van der Waals surface area (Å²) in [6, 6.07) is 14.9. The summed E-state index contributed by atoms with van der Waals surface area (Å²) >= 11 is 0. The third kappa shape index (κ3) is 4.39. The molecule has 0 bridgehead atoms. The quantitative estimate of drug-likeness (QED) is 0.622. The lowest BCUT2D eigenvalue weighted by Crippen LogP contribution is -2.09. The van der Waals surface area contributed by atoms with Crippen molar-refractivity contribution in [3.05, 3.63) is 48.5 Å². The van der Waals surface area contributed by atoms with Crippen molar-refractivity contribution in [3.8, 4) is 17.2 Å². The van der Waals surface area contributed by atoms with Crippen LogP contribution in [0.5, 0.6) is 17.2 Å². The Labute approximate surface area is 119 Å². The molecule has 0 aromatic heterocycles. The number of benzene rings is 2. The number of anilines is 1. The van der Waals surface area contributed by atoms with Crippen molar-refractivity contribution < 1.29 is 14.2 Å². The minimum atomic E-state index is 0.461. The SMILES string of the molecule is CCOc1cccc(OCCOc2cccc(N)c2)c1. The summed E-state index contributed by atoms with van der Waals surface area (Å²) in [5, 5.41) is 0. The van der Waals surface area contributed by atoms with Crippen molar-refractivity contribution >= 4 is 5.69 Å². The maximum absolute atomic E-state index is 5.67. The van der Waals surface area contributed by atoms with Crippen LogP contribution in [0.15, 0.2) is 48.5 Å². The van der Waals surface area contributed by atoms with Crippen molar-refractivity contribution in [2.45, 2.75) is 6.92 Å². The van der Waals surface area contributed by atoms with Gasteiger partial charge in [-0.25, -0.2) is 0 Å². The van der Waals surface area contributed by atoms with E-state index in [1.807, 2.05) is 49.4 Å². The fraction of sp³-hybridized carbons (Fsp3) is 0.250. The average molecular weight is 273 g/mol. The molecule has 0 unspecified atom stereocenters. The molecule has 106 valence electrons. The highest BCUT2D eigenvalue weighted by Gasteiger charge is 1.98. The molecule has 0 heterocycles. The molecule has 4 nitrogen and oxygen atoms in total. The normalized spacial score (nSPS) is 10.1. The molecular weight excluding hydrogens is 254 g/mol. The van der Waals surface area contributed by atoms with Gasteiger partial charge in [0.15, 0.2) is 0 Å². The van der Waals surface area contributed by atoms with Crippen LogP contribution in [-0.2, 0) is 0 Å². The van der Waals surface area contributed by atoms with Crippen LogP contribution in [0, 0.1) is 0 Å². The Hall–Kier alpha value is -2.36. The minimum Gasteiger partial charge on any atom is -0.494 e. The number of nitrogen functional groups attached to an aromatic ring is 1. The van der Waals surface area contributed by atoms with Gasteiger partial charge in [0, 0.05) is 17.8 Å². The van der Waals surface area contributed by atoms with Crippen molar-refractivity contribution in [1.29, 1.82) is 0 Å². The third-order valence-electron chi connectivity index (χ3n) is 2.60. The van der Waals surface area contributed by atoms with Gasteiger partial charge in [-0.15, -0.1) is 0 Å². The molecule has 0 spiro atoms. The number of hydrogen-bond donors (Lipinski definition) is 1. The smallest absolute Gasteiger partial charge is 0.123 e. The van der Waals surface area contributed by atoms with Gasteiger partial charge in [-0.05, 0) is 31.2 Å². The summed E-state index contributed by atoms with van der Waals surface area (Å²) in [6.07, 6.45) is 0. The van der Waals surface area contributed by atoms with Gasteiger partial charge in [-0.2, -0.15) is 0 Å². The van der Waals surface area contributed by atoms with Crippen molar-refractivity contribution in [2.24, 2.45) is 0 Å². The summed E-state index contributed by atoms with van der Waals surface area (Å²) in [5.41, 5.74) is 6.36. The van der Waals surface area contributed by atoms with Crippen LogP contribution in [0.25, 0.3) is 0 Å². The van der Waals surface area contributed by atoms with Gasteiger partial charge in [0.1, 0.15) is 30.5 Å². The second-order valence-electron chi connectivity index (χ2n) is 4.18. The van der Waals surface area contributed by atoms with Crippen molar-refractivity contribution in [3.63, 3.8) is 0 Å². The second kappa shape index (κ2) is 7.28. The molecular formula is C16H19NO3. The molecule has 2 N–H and O–H groups in total.